The second-order valence-electron chi connectivity index (χ2n) is 9.32. The van der Waals surface area contributed by atoms with Crippen LogP contribution in [0, 0.1) is 0 Å². The lowest BCUT2D eigenvalue weighted by molar-refractivity contribution is -0.118. The van der Waals surface area contributed by atoms with Crippen LogP contribution in [-0.2, 0) is 11.2 Å². The molecule has 36 heavy (non-hydrogen) atoms. The molecule has 6 heteroatoms. The highest BCUT2D eigenvalue weighted by atomic mass is 16.5. The standard InChI is InChI=1S/C17H27NO.C13H17NO3/c1-2-3-15-19-17-10-8-16(9-11-17)7-6-14-18-12-4-5-13-18;1-17-11-8-6-10(7-9-11)12(15)4-2-3-5-13(14)16/h8-11H,2-7,12-15H2,1H3;6-9H,2-5H2,1H3,(H2,14,16). The summed E-state index contributed by atoms with van der Waals surface area (Å²) < 4.78 is 10.7. The van der Waals surface area contributed by atoms with Gasteiger partial charge < -0.3 is 20.1 Å². The van der Waals surface area contributed by atoms with Gasteiger partial charge in [-0.2, -0.15) is 0 Å². The van der Waals surface area contributed by atoms with Crippen LogP contribution in [0.15, 0.2) is 48.5 Å². The zero-order chi connectivity index (χ0) is 26.0. The molecule has 0 atom stereocenters. The molecule has 1 aliphatic heterocycles. The van der Waals surface area contributed by atoms with E-state index in [0.717, 1.165) is 24.5 Å². The van der Waals surface area contributed by atoms with Crippen LogP contribution in [-0.4, -0.2) is 49.9 Å². The van der Waals surface area contributed by atoms with Crippen LogP contribution in [0.5, 0.6) is 11.5 Å². The molecule has 6 nitrogen and oxygen atoms in total. The fraction of sp³-hybridized carbons (Fsp3) is 0.533. The molecule has 1 aliphatic rings. The third-order valence-electron chi connectivity index (χ3n) is 6.32. The number of methoxy groups -OCH3 is 1. The van der Waals surface area contributed by atoms with Gasteiger partial charge in [-0.1, -0.05) is 25.5 Å². The Labute approximate surface area is 217 Å². The lowest BCUT2D eigenvalue weighted by Crippen LogP contribution is -2.20. The van der Waals surface area contributed by atoms with Crippen molar-refractivity contribution in [2.75, 3.05) is 33.4 Å². The number of primary amides is 1. The maximum atomic E-state index is 11.7. The highest BCUT2D eigenvalue weighted by molar-refractivity contribution is 5.96. The van der Waals surface area contributed by atoms with E-state index >= 15 is 0 Å². The third-order valence-corrected chi connectivity index (χ3v) is 6.32. The molecule has 1 heterocycles. The Bertz CT molecular complexity index is 875. The van der Waals surface area contributed by atoms with Crippen LogP contribution in [0.2, 0.25) is 0 Å². The van der Waals surface area contributed by atoms with Crippen molar-refractivity contribution in [3.8, 4) is 11.5 Å². The van der Waals surface area contributed by atoms with E-state index in [4.69, 9.17) is 15.2 Å². The molecule has 1 saturated heterocycles. The number of hydrogen-bond acceptors (Lipinski definition) is 5. The normalized spacial score (nSPS) is 13.1. The van der Waals surface area contributed by atoms with Crippen molar-refractivity contribution in [2.45, 2.75) is 71.1 Å². The first-order chi connectivity index (χ1) is 17.5. The van der Waals surface area contributed by atoms with Gasteiger partial charge in [-0.25, -0.2) is 0 Å². The Balaban J connectivity index is 0.000000255. The number of unbranched alkanes of at least 4 members (excludes halogenated alkanes) is 2. The van der Waals surface area contributed by atoms with E-state index in [1.807, 2.05) is 0 Å². The van der Waals surface area contributed by atoms with E-state index < -0.39 is 0 Å². The summed E-state index contributed by atoms with van der Waals surface area (Å²) in [5.41, 5.74) is 7.12. The van der Waals surface area contributed by atoms with Gasteiger partial charge in [0.1, 0.15) is 11.5 Å². The number of rotatable bonds is 15. The number of nitrogens with two attached hydrogens (primary N) is 1. The molecule has 0 aliphatic carbocycles. The summed E-state index contributed by atoms with van der Waals surface area (Å²) in [5, 5.41) is 0. The Kier molecular flexibility index (Phi) is 14.3. The maximum Gasteiger partial charge on any atom is 0.217 e. The van der Waals surface area contributed by atoms with E-state index in [1.165, 1.54) is 57.3 Å². The molecule has 2 N–H and O–H groups in total. The smallest absolute Gasteiger partial charge is 0.217 e. The van der Waals surface area contributed by atoms with Gasteiger partial charge >= 0.3 is 0 Å². The summed E-state index contributed by atoms with van der Waals surface area (Å²) in [7, 11) is 1.58. The Hall–Kier alpha value is -2.86. The van der Waals surface area contributed by atoms with Gasteiger partial charge in [0, 0.05) is 18.4 Å². The number of amides is 1. The molecule has 2 aromatic rings. The van der Waals surface area contributed by atoms with Gasteiger partial charge in [0.05, 0.1) is 13.7 Å². The lowest BCUT2D eigenvalue weighted by Gasteiger charge is -2.14. The van der Waals surface area contributed by atoms with Crippen LogP contribution < -0.4 is 15.2 Å². The van der Waals surface area contributed by atoms with Crippen molar-refractivity contribution in [3.63, 3.8) is 0 Å². The molecule has 0 aromatic heterocycles. The first-order valence-corrected chi connectivity index (χ1v) is 13.4. The molecule has 0 unspecified atom stereocenters. The minimum Gasteiger partial charge on any atom is -0.497 e. The van der Waals surface area contributed by atoms with Gasteiger partial charge in [0.15, 0.2) is 5.78 Å². The molecule has 2 aromatic carbocycles. The Morgan fingerprint density at radius 2 is 1.50 bits per heavy atom. The van der Waals surface area contributed by atoms with E-state index in [1.54, 1.807) is 31.4 Å². The molecule has 0 spiro atoms. The molecule has 0 bridgehead atoms. The second kappa shape index (κ2) is 17.6. The second-order valence-corrected chi connectivity index (χ2v) is 9.32. The summed E-state index contributed by atoms with van der Waals surface area (Å²) >= 11 is 0. The van der Waals surface area contributed by atoms with E-state index in [-0.39, 0.29) is 11.7 Å². The Morgan fingerprint density at radius 1 is 0.861 bits per heavy atom. The van der Waals surface area contributed by atoms with Crippen LogP contribution in [0.3, 0.4) is 0 Å². The summed E-state index contributed by atoms with van der Waals surface area (Å²) in [6.07, 6.45) is 9.71. The minimum atomic E-state index is -0.318. The predicted octanol–water partition coefficient (Wildman–Crippen LogP) is 5.82. The summed E-state index contributed by atoms with van der Waals surface area (Å²) in [6.45, 7) is 6.90. The zero-order valence-corrected chi connectivity index (χ0v) is 22.2. The molecule has 198 valence electrons. The number of ether oxygens (including phenoxy) is 2. The SMILES string of the molecule is CCCCOc1ccc(CCCN2CCCC2)cc1.COc1ccc(C(=O)CCCCC(N)=O)cc1. The van der Waals surface area contributed by atoms with Gasteiger partial charge in [-0.15, -0.1) is 0 Å². The van der Waals surface area contributed by atoms with Gasteiger partial charge in [-0.05, 0) is 107 Å². The highest BCUT2D eigenvalue weighted by Gasteiger charge is 2.10. The number of likely N-dealkylation sites (tertiary alicyclic amines) is 1. The average Bonchev–Trinajstić information content (AvgIpc) is 3.41. The molecular formula is C30H44N2O4. The zero-order valence-electron chi connectivity index (χ0n) is 22.2. The number of hydrogen-bond donors (Lipinski definition) is 1. The molecule has 1 amide bonds. The van der Waals surface area contributed by atoms with Crippen LogP contribution >= 0.6 is 0 Å². The van der Waals surface area contributed by atoms with Crippen molar-refractivity contribution in [1.82, 2.24) is 4.90 Å². The number of Topliss-reactive ketones (excluding diaryl/α,β-unsaturated/α-hetero) is 1. The van der Waals surface area contributed by atoms with Crippen molar-refractivity contribution in [3.05, 3.63) is 59.7 Å². The van der Waals surface area contributed by atoms with Crippen molar-refractivity contribution < 1.29 is 19.1 Å². The van der Waals surface area contributed by atoms with Gasteiger partial charge in [0.2, 0.25) is 5.91 Å². The van der Waals surface area contributed by atoms with Crippen molar-refractivity contribution in [1.29, 1.82) is 0 Å². The number of aryl methyl sites for hydroxylation is 1. The molecule has 3 rings (SSSR count). The van der Waals surface area contributed by atoms with Crippen LogP contribution in [0.4, 0.5) is 0 Å². The summed E-state index contributed by atoms with van der Waals surface area (Å²) in [4.78, 5) is 24.8. The first kappa shape index (κ1) is 29.4. The number of ketones is 1. The van der Waals surface area contributed by atoms with Crippen LogP contribution in [0.1, 0.15) is 80.6 Å². The van der Waals surface area contributed by atoms with Crippen LogP contribution in [0.25, 0.3) is 0 Å². The van der Waals surface area contributed by atoms with E-state index in [2.05, 4.69) is 36.1 Å². The number of carbonyl (C=O) groups is 2. The molecule has 1 fully saturated rings. The quantitative estimate of drug-likeness (QED) is 0.248. The van der Waals surface area contributed by atoms with Crippen molar-refractivity contribution >= 4 is 11.7 Å². The molecular weight excluding hydrogens is 452 g/mol. The third kappa shape index (κ3) is 12.2. The summed E-state index contributed by atoms with van der Waals surface area (Å²) in [6, 6.07) is 15.7. The highest BCUT2D eigenvalue weighted by Crippen LogP contribution is 2.16. The largest absolute Gasteiger partial charge is 0.497 e. The minimum absolute atomic E-state index is 0.0807. The van der Waals surface area contributed by atoms with E-state index in [0.29, 0.717) is 31.2 Å². The topological polar surface area (TPSA) is 81.9 Å². The number of benzene rings is 2. The first-order valence-electron chi connectivity index (χ1n) is 13.4. The molecule has 0 radical (unpaired) electrons. The molecule has 0 saturated carbocycles. The lowest BCUT2D eigenvalue weighted by atomic mass is 10.0. The van der Waals surface area contributed by atoms with Crippen molar-refractivity contribution in [2.24, 2.45) is 5.73 Å². The Morgan fingerprint density at radius 3 is 2.11 bits per heavy atom. The summed E-state index contributed by atoms with van der Waals surface area (Å²) in [5.74, 6) is 1.51. The van der Waals surface area contributed by atoms with Gasteiger partial charge in [0.25, 0.3) is 0 Å². The van der Waals surface area contributed by atoms with Gasteiger partial charge in [-0.3, -0.25) is 9.59 Å². The fourth-order valence-corrected chi connectivity index (χ4v) is 4.11. The maximum absolute atomic E-state index is 11.7. The monoisotopic (exact) mass is 496 g/mol. The number of nitrogens with zero attached hydrogens (tertiary/aromatic N) is 1. The predicted molar refractivity (Wildman–Crippen MR) is 146 cm³/mol. The fourth-order valence-electron chi connectivity index (χ4n) is 4.11. The van der Waals surface area contributed by atoms with E-state index in [9.17, 15) is 9.59 Å². The average molecular weight is 497 g/mol. The number of carbonyl (C=O) groups excluding carboxylic acids is 2.